The summed E-state index contributed by atoms with van der Waals surface area (Å²) in [4.78, 5) is 67.2. The van der Waals surface area contributed by atoms with E-state index < -0.39 is 99.9 Å². The average Bonchev–Trinajstić information content (AvgIpc) is 3.34. The molecule has 13 heteroatoms. The van der Waals surface area contributed by atoms with Gasteiger partial charge in [-0.3, -0.25) is 24.0 Å². The molecule has 0 saturated carbocycles. The van der Waals surface area contributed by atoms with Gasteiger partial charge in [-0.05, 0) is 31.8 Å². The highest BCUT2D eigenvalue weighted by atomic mass is 16.7. The number of nitrogens with one attached hydrogen (secondary N) is 1. The first-order chi connectivity index (χ1) is 23.4. The maximum atomic E-state index is 13.9. The molecule has 1 aromatic rings. The number of aliphatic hydroxyl groups is 2. The zero-order valence-corrected chi connectivity index (χ0v) is 29.6. The van der Waals surface area contributed by atoms with E-state index in [-0.39, 0.29) is 28.0 Å². The number of carbonyl (C=O) groups is 5. The number of esters is 1. The van der Waals surface area contributed by atoms with Crippen LogP contribution in [0.15, 0.2) is 47.9 Å². The Bertz CT molecular complexity index is 1720. The number of amides is 1. The molecule has 3 heterocycles. The molecule has 0 fully saturated rings. The second kappa shape index (κ2) is 14.7. The van der Waals surface area contributed by atoms with Crippen molar-refractivity contribution in [2.45, 2.75) is 72.6 Å². The highest BCUT2D eigenvalue weighted by molar-refractivity contribution is 6.30. The lowest BCUT2D eigenvalue weighted by atomic mass is 9.73. The molecule has 4 aliphatic rings. The zero-order chi connectivity index (χ0) is 37.4. The van der Waals surface area contributed by atoms with Gasteiger partial charge in [0, 0.05) is 43.1 Å². The van der Waals surface area contributed by atoms with Crippen LogP contribution in [0.5, 0.6) is 11.5 Å². The van der Waals surface area contributed by atoms with Gasteiger partial charge in [0.2, 0.25) is 5.78 Å². The quantitative estimate of drug-likeness (QED) is 0.330. The Balaban J connectivity index is 1.84. The largest absolute Gasteiger partial charge is 0.507 e. The normalized spacial score (nSPS) is 32.1. The summed E-state index contributed by atoms with van der Waals surface area (Å²) in [5.41, 5.74) is -1.33. The molecule has 0 aromatic heterocycles. The van der Waals surface area contributed by atoms with E-state index in [0.717, 1.165) is 12.3 Å². The van der Waals surface area contributed by atoms with Gasteiger partial charge in [-0.1, -0.05) is 45.9 Å². The minimum Gasteiger partial charge on any atom is -0.507 e. The molecule has 0 unspecified atom stereocenters. The van der Waals surface area contributed by atoms with Crippen molar-refractivity contribution in [2.75, 3.05) is 14.2 Å². The van der Waals surface area contributed by atoms with Gasteiger partial charge >= 0.3 is 11.8 Å². The van der Waals surface area contributed by atoms with E-state index in [1.807, 2.05) is 0 Å². The van der Waals surface area contributed by atoms with E-state index in [4.69, 9.17) is 18.9 Å². The van der Waals surface area contributed by atoms with Crippen molar-refractivity contribution in [2.24, 2.45) is 29.6 Å². The maximum absolute atomic E-state index is 13.9. The summed E-state index contributed by atoms with van der Waals surface area (Å²) in [6.07, 6.45) is 5.10. The number of phenolic OH excluding ortho intramolecular Hbond substituents is 1. The van der Waals surface area contributed by atoms with E-state index in [1.165, 1.54) is 47.1 Å². The zero-order valence-electron chi connectivity index (χ0n) is 29.6. The van der Waals surface area contributed by atoms with Gasteiger partial charge in [-0.2, -0.15) is 0 Å². The summed E-state index contributed by atoms with van der Waals surface area (Å²) < 4.78 is 22.5. The second-order valence-corrected chi connectivity index (χ2v) is 13.4. The van der Waals surface area contributed by atoms with Crippen molar-refractivity contribution < 1.29 is 58.2 Å². The minimum absolute atomic E-state index is 0.00579. The monoisotopic (exact) mass is 695 g/mol. The molecule has 4 N–H and O–H groups in total. The number of aliphatic hydroxyl groups excluding tert-OH is 2. The lowest BCUT2D eigenvalue weighted by Gasteiger charge is -2.37. The second-order valence-electron chi connectivity index (χ2n) is 13.4. The number of fused-ring (bicyclic) bond motifs is 14. The molecule has 5 bridgehead atoms. The van der Waals surface area contributed by atoms with Crippen LogP contribution in [-0.2, 0) is 23.8 Å². The third kappa shape index (κ3) is 6.77. The number of hydrogen-bond acceptors (Lipinski definition) is 12. The third-order valence-corrected chi connectivity index (χ3v) is 10.1. The predicted molar refractivity (Wildman–Crippen MR) is 179 cm³/mol. The summed E-state index contributed by atoms with van der Waals surface area (Å²) >= 11 is 0. The number of benzene rings is 1. The van der Waals surface area contributed by atoms with Gasteiger partial charge in [-0.15, -0.1) is 0 Å². The van der Waals surface area contributed by atoms with Crippen LogP contribution >= 0.6 is 0 Å². The van der Waals surface area contributed by atoms with Crippen LogP contribution in [-0.4, -0.2) is 82.9 Å². The summed E-state index contributed by atoms with van der Waals surface area (Å²) in [6.45, 7) is 11.0. The third-order valence-electron chi connectivity index (χ3n) is 10.1. The lowest BCUT2D eigenvalue weighted by Crippen LogP contribution is -2.45. The molecule has 9 atom stereocenters. The average molecular weight is 696 g/mol. The molecule has 0 radical (unpaired) electrons. The van der Waals surface area contributed by atoms with Crippen molar-refractivity contribution in [3.05, 3.63) is 70.2 Å². The number of ketones is 3. The van der Waals surface area contributed by atoms with Crippen LogP contribution in [0.1, 0.15) is 78.2 Å². The van der Waals surface area contributed by atoms with Gasteiger partial charge < -0.3 is 39.6 Å². The number of allylic oxidation sites excluding steroid dienone is 4. The number of phenols is 1. The van der Waals surface area contributed by atoms with Crippen LogP contribution < -0.4 is 10.1 Å². The Morgan fingerprint density at radius 3 is 2.20 bits per heavy atom. The Kier molecular flexibility index (Phi) is 11.2. The maximum Gasteiger partial charge on any atom is 0.312 e. The first-order valence-corrected chi connectivity index (χ1v) is 16.3. The van der Waals surface area contributed by atoms with Gasteiger partial charge in [0.15, 0.2) is 5.78 Å². The number of rotatable bonds is 2. The summed E-state index contributed by atoms with van der Waals surface area (Å²) in [7, 11) is 2.64. The highest BCUT2D eigenvalue weighted by Crippen LogP contribution is 2.48. The van der Waals surface area contributed by atoms with Gasteiger partial charge in [0.25, 0.3) is 11.7 Å². The molecule has 13 nitrogen and oxygen atoms in total. The van der Waals surface area contributed by atoms with Crippen LogP contribution in [0.3, 0.4) is 0 Å². The first kappa shape index (κ1) is 38.2. The fraction of sp³-hybridized carbons (Fsp3) is 0.486. The highest BCUT2D eigenvalue weighted by Gasteiger charge is 2.51. The van der Waals surface area contributed by atoms with Crippen LogP contribution in [0.2, 0.25) is 0 Å². The summed E-state index contributed by atoms with van der Waals surface area (Å²) in [6, 6.07) is 0. The molecule has 50 heavy (non-hydrogen) atoms. The topological polar surface area (TPSA) is 195 Å². The molecular weight excluding hydrogens is 650 g/mol. The minimum atomic E-state index is -2.04. The lowest BCUT2D eigenvalue weighted by molar-refractivity contribution is -0.155. The number of hydrogen-bond donors (Lipinski definition) is 4. The van der Waals surface area contributed by atoms with E-state index in [9.17, 15) is 39.3 Å². The smallest absolute Gasteiger partial charge is 0.312 e. The van der Waals surface area contributed by atoms with E-state index in [1.54, 1.807) is 39.8 Å². The van der Waals surface area contributed by atoms with E-state index in [2.05, 4.69) is 5.32 Å². The number of aromatic hydroxyl groups is 1. The van der Waals surface area contributed by atoms with Crippen LogP contribution in [0.25, 0.3) is 0 Å². The molecule has 1 amide bonds. The molecular formula is C37H45NO12. The van der Waals surface area contributed by atoms with Crippen molar-refractivity contribution >= 4 is 29.2 Å². The van der Waals surface area contributed by atoms with Gasteiger partial charge in [0.1, 0.15) is 11.5 Å². The first-order valence-electron chi connectivity index (χ1n) is 16.3. The molecule has 1 aliphatic carbocycles. The van der Waals surface area contributed by atoms with Gasteiger partial charge in [-0.25, -0.2) is 0 Å². The van der Waals surface area contributed by atoms with Gasteiger partial charge in [0.05, 0.1) is 60.0 Å². The Hall–Kier alpha value is -4.59. The SMILES string of the molecule is COC(=O)[C@@H]1[C@@H](C)[C@H](OC)C=CO[C@@]2(C)Oc3c(C)c(O)c4c(c3C2=O)C(=O)C=C(NC(=O)C(C)=CC=C[C@H](C)[C@H](O)[C@@H](C)[C@H](O)[C@@H]1C)C4=O. The number of carbonyl (C=O) groups excluding carboxylic acids is 5. The van der Waals surface area contributed by atoms with Crippen LogP contribution in [0, 0.1) is 36.5 Å². The predicted octanol–water partition coefficient (Wildman–Crippen LogP) is 3.49. The molecule has 5 rings (SSSR count). The number of ether oxygens (including phenoxy) is 4. The molecule has 270 valence electrons. The van der Waals surface area contributed by atoms with Crippen LogP contribution in [0.4, 0.5) is 0 Å². The summed E-state index contributed by atoms with van der Waals surface area (Å²) in [5, 5.41) is 36.1. The molecule has 3 aliphatic heterocycles. The standard InChI is InChI=1S/C37H45NO12/c1-16-11-10-12-17(2)35(45)38-22-15-23(39)26-27(32(22)43)31(42)21(6)33-28(26)34(44)37(7,50-33)49-14-13-24(47-8)18(3)25(36(46)48-9)19(4)30(41)20(5)29(16)40/h10-16,18-20,24-25,29-30,40-42H,1-9H3,(H,38,45)/t16-,18-,19+,20+,24+,25+,29-,30+,37-/m0/s1. The Labute approximate surface area is 290 Å². The summed E-state index contributed by atoms with van der Waals surface area (Å²) in [5.74, 6) is -10.1. The Morgan fingerprint density at radius 1 is 0.920 bits per heavy atom. The van der Waals surface area contributed by atoms with Crippen molar-refractivity contribution in [3.63, 3.8) is 0 Å². The molecule has 0 spiro atoms. The van der Waals surface area contributed by atoms with E-state index >= 15 is 0 Å². The Morgan fingerprint density at radius 2 is 1.58 bits per heavy atom. The fourth-order valence-corrected chi connectivity index (χ4v) is 6.81. The van der Waals surface area contributed by atoms with Crippen molar-refractivity contribution in [1.29, 1.82) is 0 Å². The fourth-order valence-electron chi connectivity index (χ4n) is 6.81. The van der Waals surface area contributed by atoms with E-state index in [0.29, 0.717) is 0 Å². The number of methoxy groups -OCH3 is 2. The molecule has 1 aromatic carbocycles. The van der Waals surface area contributed by atoms with Crippen molar-refractivity contribution in [3.8, 4) is 11.5 Å². The van der Waals surface area contributed by atoms with Crippen molar-refractivity contribution in [1.82, 2.24) is 5.32 Å². The number of Topliss-reactive ketones (excluding diaryl/α,β-unsaturated/α-hetero) is 2. The molecule has 0 saturated heterocycles.